The molecule has 0 spiro atoms. The number of carboxylic acids is 1. The van der Waals surface area contributed by atoms with E-state index in [4.69, 9.17) is 9.84 Å². The van der Waals surface area contributed by atoms with Crippen LogP contribution in [-0.2, 0) is 11.2 Å². The summed E-state index contributed by atoms with van der Waals surface area (Å²) < 4.78 is 7.54. The summed E-state index contributed by atoms with van der Waals surface area (Å²) >= 11 is 1.67. The molecule has 1 aromatic heterocycles. The predicted molar refractivity (Wildman–Crippen MR) is 77.2 cm³/mol. The Morgan fingerprint density at radius 2 is 2.00 bits per heavy atom. The van der Waals surface area contributed by atoms with E-state index in [0.717, 1.165) is 26.8 Å². The lowest BCUT2D eigenvalue weighted by Gasteiger charge is -1.99. The number of carbonyl (C=O) groups is 1. The highest BCUT2D eigenvalue weighted by atomic mass is 32.1. The summed E-state index contributed by atoms with van der Waals surface area (Å²) in [6.07, 6.45) is 0.0630. The Morgan fingerprint density at radius 1 is 1.16 bits per heavy atom. The number of thiophene rings is 1. The normalized spacial score (nSPS) is 11.0. The van der Waals surface area contributed by atoms with Crippen LogP contribution in [0.5, 0.6) is 5.75 Å². The van der Waals surface area contributed by atoms with Crippen molar-refractivity contribution < 1.29 is 14.6 Å². The van der Waals surface area contributed by atoms with Crippen molar-refractivity contribution in [3.8, 4) is 5.75 Å². The van der Waals surface area contributed by atoms with Crippen molar-refractivity contribution in [3.05, 3.63) is 42.0 Å². The number of fused-ring (bicyclic) bond motifs is 3. The number of benzene rings is 2. The molecule has 3 aromatic rings. The summed E-state index contributed by atoms with van der Waals surface area (Å²) in [4.78, 5) is 10.7. The van der Waals surface area contributed by atoms with Crippen LogP contribution in [0.15, 0.2) is 36.4 Å². The second kappa shape index (κ2) is 4.55. The van der Waals surface area contributed by atoms with Gasteiger partial charge in [-0.3, -0.25) is 4.79 Å². The van der Waals surface area contributed by atoms with Gasteiger partial charge in [0, 0.05) is 20.2 Å². The van der Waals surface area contributed by atoms with Crippen molar-refractivity contribution in [1.82, 2.24) is 0 Å². The molecule has 1 heterocycles. The van der Waals surface area contributed by atoms with E-state index < -0.39 is 5.97 Å². The molecule has 0 aliphatic carbocycles. The maximum absolute atomic E-state index is 10.7. The highest BCUT2D eigenvalue weighted by Gasteiger charge is 2.08. The van der Waals surface area contributed by atoms with Crippen molar-refractivity contribution in [2.75, 3.05) is 7.11 Å². The molecule has 3 rings (SSSR count). The maximum atomic E-state index is 10.7. The zero-order valence-electron chi connectivity index (χ0n) is 10.3. The topological polar surface area (TPSA) is 46.5 Å². The van der Waals surface area contributed by atoms with E-state index >= 15 is 0 Å². The van der Waals surface area contributed by atoms with Gasteiger partial charge in [0.2, 0.25) is 0 Å². The van der Waals surface area contributed by atoms with E-state index in [1.54, 1.807) is 18.4 Å². The van der Waals surface area contributed by atoms with Gasteiger partial charge in [-0.1, -0.05) is 12.1 Å². The molecule has 0 saturated carbocycles. The fraction of sp³-hybridized carbons (Fsp3) is 0.133. The van der Waals surface area contributed by atoms with Gasteiger partial charge in [0.15, 0.2) is 0 Å². The minimum atomic E-state index is -0.804. The van der Waals surface area contributed by atoms with E-state index in [1.807, 2.05) is 36.4 Å². The molecule has 0 aliphatic rings. The number of ether oxygens (including phenoxy) is 1. The first-order valence-electron chi connectivity index (χ1n) is 5.88. The second-order valence-electron chi connectivity index (χ2n) is 4.37. The Bertz CT molecular complexity index is 774. The quantitative estimate of drug-likeness (QED) is 0.791. The molecule has 0 radical (unpaired) electrons. The van der Waals surface area contributed by atoms with E-state index in [-0.39, 0.29) is 6.42 Å². The summed E-state index contributed by atoms with van der Waals surface area (Å²) in [7, 11) is 1.65. The molecule has 0 saturated heterocycles. The van der Waals surface area contributed by atoms with Gasteiger partial charge in [0.05, 0.1) is 13.5 Å². The largest absolute Gasteiger partial charge is 0.497 e. The first-order chi connectivity index (χ1) is 9.17. The van der Waals surface area contributed by atoms with Crippen molar-refractivity contribution in [1.29, 1.82) is 0 Å². The summed E-state index contributed by atoms with van der Waals surface area (Å²) in [6, 6.07) is 11.8. The lowest BCUT2D eigenvalue weighted by atomic mass is 10.1. The zero-order chi connectivity index (χ0) is 13.4. The van der Waals surface area contributed by atoms with Crippen molar-refractivity contribution in [2.24, 2.45) is 0 Å². The molecular formula is C15H12O3S. The Kier molecular flexibility index (Phi) is 2.87. The molecule has 19 heavy (non-hydrogen) atoms. The number of methoxy groups -OCH3 is 1. The molecule has 1 N–H and O–H groups in total. The number of rotatable bonds is 3. The smallest absolute Gasteiger partial charge is 0.307 e. The SMILES string of the molecule is COc1ccc2sc3cc(CC(=O)O)ccc3c2c1. The highest BCUT2D eigenvalue weighted by molar-refractivity contribution is 7.25. The Labute approximate surface area is 114 Å². The van der Waals surface area contributed by atoms with Gasteiger partial charge < -0.3 is 9.84 Å². The van der Waals surface area contributed by atoms with Crippen LogP contribution in [0.3, 0.4) is 0 Å². The molecule has 3 nitrogen and oxygen atoms in total. The molecular weight excluding hydrogens is 260 g/mol. The molecule has 2 aromatic carbocycles. The van der Waals surface area contributed by atoms with Crippen molar-refractivity contribution in [3.63, 3.8) is 0 Å². The van der Waals surface area contributed by atoms with Gasteiger partial charge in [-0.15, -0.1) is 11.3 Å². The molecule has 0 atom stereocenters. The van der Waals surface area contributed by atoms with Gasteiger partial charge in [-0.25, -0.2) is 0 Å². The van der Waals surface area contributed by atoms with E-state index in [1.165, 1.54) is 4.70 Å². The summed E-state index contributed by atoms with van der Waals surface area (Å²) in [6.45, 7) is 0. The molecule has 0 fully saturated rings. The number of hydrogen-bond donors (Lipinski definition) is 1. The van der Waals surface area contributed by atoms with Crippen LogP contribution in [-0.4, -0.2) is 18.2 Å². The first kappa shape index (κ1) is 12.0. The number of carboxylic acid groups (broad SMARTS) is 1. The van der Waals surface area contributed by atoms with Crippen LogP contribution in [0, 0.1) is 0 Å². The van der Waals surface area contributed by atoms with Crippen molar-refractivity contribution in [2.45, 2.75) is 6.42 Å². The standard InChI is InChI=1S/C15H12O3S/c1-18-10-3-5-13-12(8-10)11-4-2-9(7-15(16)17)6-14(11)19-13/h2-6,8H,7H2,1H3,(H,16,17). The third-order valence-electron chi connectivity index (χ3n) is 3.10. The van der Waals surface area contributed by atoms with E-state index in [0.29, 0.717) is 0 Å². The predicted octanol–water partition coefficient (Wildman–Crippen LogP) is 3.69. The highest BCUT2D eigenvalue weighted by Crippen LogP contribution is 2.36. The molecule has 0 aliphatic heterocycles. The van der Waals surface area contributed by atoms with Gasteiger partial charge in [-0.2, -0.15) is 0 Å². The van der Waals surface area contributed by atoms with E-state index in [2.05, 4.69) is 0 Å². The minimum absolute atomic E-state index is 0.0630. The van der Waals surface area contributed by atoms with Crippen LogP contribution >= 0.6 is 11.3 Å². The summed E-state index contributed by atoms with van der Waals surface area (Å²) in [5.41, 5.74) is 0.832. The van der Waals surface area contributed by atoms with Crippen LogP contribution < -0.4 is 4.74 Å². The lowest BCUT2D eigenvalue weighted by Crippen LogP contribution is -1.99. The van der Waals surface area contributed by atoms with Gasteiger partial charge in [0.1, 0.15) is 5.75 Å². The van der Waals surface area contributed by atoms with Crippen LogP contribution in [0.2, 0.25) is 0 Å². The fourth-order valence-electron chi connectivity index (χ4n) is 2.21. The second-order valence-corrected chi connectivity index (χ2v) is 5.45. The monoisotopic (exact) mass is 272 g/mol. The van der Waals surface area contributed by atoms with E-state index in [9.17, 15) is 4.79 Å². The van der Waals surface area contributed by atoms with Gasteiger partial charge in [0.25, 0.3) is 0 Å². The fourth-order valence-corrected chi connectivity index (χ4v) is 3.36. The van der Waals surface area contributed by atoms with Crippen LogP contribution in [0.1, 0.15) is 5.56 Å². The molecule has 4 heteroatoms. The third-order valence-corrected chi connectivity index (χ3v) is 4.23. The molecule has 0 bridgehead atoms. The molecule has 0 amide bonds. The first-order valence-corrected chi connectivity index (χ1v) is 6.70. The van der Waals surface area contributed by atoms with Crippen LogP contribution in [0.25, 0.3) is 20.2 Å². The Hall–Kier alpha value is -2.07. The third kappa shape index (κ3) is 2.15. The maximum Gasteiger partial charge on any atom is 0.307 e. The summed E-state index contributed by atoms with van der Waals surface area (Å²) in [5.74, 6) is 0.0314. The minimum Gasteiger partial charge on any atom is -0.497 e. The zero-order valence-corrected chi connectivity index (χ0v) is 11.2. The Morgan fingerprint density at radius 3 is 2.74 bits per heavy atom. The summed E-state index contributed by atoms with van der Waals surface area (Å²) in [5, 5.41) is 11.1. The van der Waals surface area contributed by atoms with Gasteiger partial charge >= 0.3 is 5.97 Å². The molecule has 0 unspecified atom stereocenters. The van der Waals surface area contributed by atoms with Gasteiger partial charge in [-0.05, 0) is 29.8 Å². The average molecular weight is 272 g/mol. The Balaban J connectivity index is 2.19. The molecule has 96 valence electrons. The van der Waals surface area contributed by atoms with Crippen LogP contribution in [0.4, 0.5) is 0 Å². The lowest BCUT2D eigenvalue weighted by molar-refractivity contribution is -0.136. The number of aliphatic carboxylic acids is 1. The average Bonchev–Trinajstić information content (AvgIpc) is 2.74. The van der Waals surface area contributed by atoms with Crippen molar-refractivity contribution >= 4 is 37.5 Å². The number of hydrogen-bond acceptors (Lipinski definition) is 3.